The normalized spacial score (nSPS) is 56.3. The zero-order valence-electron chi connectivity index (χ0n) is 22.5. The SMILES string of the molecule is C[C@H]1[C@H](C)CC[C@]2(C(=O)O)CC[C@]3(C)C(=CC[C@@H]4[C@@]5(C)C[C@@H](O)[C@@H](O)C(C)(C)[C@H]5CC[C@]43C)[C@@H]12. The number of hydrogen-bond donors (Lipinski definition) is 3. The zero-order valence-corrected chi connectivity index (χ0v) is 22.5. The molecule has 0 aliphatic heterocycles. The molecule has 0 amide bonds. The maximum absolute atomic E-state index is 12.8. The summed E-state index contributed by atoms with van der Waals surface area (Å²) >= 11 is 0. The lowest BCUT2D eigenvalue weighted by Gasteiger charge is -2.71. The fourth-order valence-corrected chi connectivity index (χ4v) is 11.0. The van der Waals surface area contributed by atoms with Crippen molar-refractivity contribution in [3.8, 4) is 0 Å². The number of hydrogen-bond acceptors (Lipinski definition) is 3. The highest BCUT2D eigenvalue weighted by molar-refractivity contribution is 5.76. The van der Waals surface area contributed by atoms with Gasteiger partial charge < -0.3 is 15.3 Å². The maximum atomic E-state index is 12.8. The van der Waals surface area contributed by atoms with Crippen LogP contribution in [0.5, 0.6) is 0 Å². The van der Waals surface area contributed by atoms with Gasteiger partial charge in [0, 0.05) is 0 Å². The molecule has 0 aromatic rings. The number of allylic oxidation sites excluding steroid dienone is 2. The molecule has 5 rings (SSSR count). The Balaban J connectivity index is 1.62. The lowest BCUT2D eigenvalue weighted by molar-refractivity contribution is -0.232. The van der Waals surface area contributed by atoms with Gasteiger partial charge in [-0.15, -0.1) is 0 Å². The van der Waals surface area contributed by atoms with E-state index >= 15 is 0 Å². The van der Waals surface area contributed by atoms with E-state index in [-0.39, 0.29) is 27.6 Å². The zero-order chi connectivity index (χ0) is 25.1. The number of aliphatic hydroxyl groups excluding tert-OH is 2. The number of aliphatic hydroxyl groups is 2. The van der Waals surface area contributed by atoms with E-state index in [1.54, 1.807) is 0 Å². The van der Waals surface area contributed by atoms with Crippen LogP contribution in [0.25, 0.3) is 0 Å². The summed E-state index contributed by atoms with van der Waals surface area (Å²) in [5, 5.41) is 32.4. The van der Waals surface area contributed by atoms with Gasteiger partial charge in [0.2, 0.25) is 0 Å². The summed E-state index contributed by atoms with van der Waals surface area (Å²) in [4.78, 5) is 12.8. The summed E-state index contributed by atoms with van der Waals surface area (Å²) in [6.45, 7) is 16.3. The summed E-state index contributed by atoms with van der Waals surface area (Å²) < 4.78 is 0. The van der Waals surface area contributed by atoms with Crippen LogP contribution < -0.4 is 0 Å². The largest absolute Gasteiger partial charge is 0.481 e. The third-order valence-electron chi connectivity index (χ3n) is 13.4. The van der Waals surface area contributed by atoms with Crippen LogP contribution in [0.2, 0.25) is 0 Å². The molecule has 5 aliphatic rings. The molecule has 4 nitrogen and oxygen atoms in total. The van der Waals surface area contributed by atoms with Crippen LogP contribution in [-0.2, 0) is 4.79 Å². The molecule has 0 spiro atoms. The van der Waals surface area contributed by atoms with Crippen molar-refractivity contribution in [2.75, 3.05) is 0 Å². The predicted octanol–water partition coefficient (Wildman–Crippen LogP) is 6.06. The van der Waals surface area contributed by atoms with Crippen molar-refractivity contribution in [1.29, 1.82) is 0 Å². The van der Waals surface area contributed by atoms with Crippen molar-refractivity contribution in [1.82, 2.24) is 0 Å². The molecule has 5 aliphatic carbocycles. The Hall–Kier alpha value is -0.870. The summed E-state index contributed by atoms with van der Waals surface area (Å²) in [7, 11) is 0. The lowest BCUT2D eigenvalue weighted by Crippen LogP contribution is -2.67. The predicted molar refractivity (Wildman–Crippen MR) is 134 cm³/mol. The lowest BCUT2D eigenvalue weighted by atomic mass is 9.33. The Morgan fingerprint density at radius 3 is 2.26 bits per heavy atom. The molecule has 4 saturated carbocycles. The molecule has 192 valence electrons. The van der Waals surface area contributed by atoms with Crippen molar-refractivity contribution >= 4 is 5.97 Å². The van der Waals surface area contributed by atoms with Gasteiger partial charge in [0.15, 0.2) is 0 Å². The monoisotopic (exact) mass is 472 g/mol. The molecule has 4 fully saturated rings. The number of carboxylic acids is 1. The minimum Gasteiger partial charge on any atom is -0.481 e. The quantitative estimate of drug-likeness (QED) is 0.405. The number of rotatable bonds is 1. The maximum Gasteiger partial charge on any atom is 0.310 e. The summed E-state index contributed by atoms with van der Waals surface area (Å²) in [5.74, 6) is 1.30. The molecular formula is C30H48O4. The fraction of sp³-hybridized carbons (Fsp3) is 0.900. The molecule has 34 heavy (non-hydrogen) atoms. The topological polar surface area (TPSA) is 77.8 Å². The molecule has 0 aromatic heterocycles. The third-order valence-corrected chi connectivity index (χ3v) is 13.4. The van der Waals surface area contributed by atoms with Crippen LogP contribution in [0.15, 0.2) is 11.6 Å². The van der Waals surface area contributed by atoms with Gasteiger partial charge >= 0.3 is 5.97 Å². The van der Waals surface area contributed by atoms with Crippen LogP contribution >= 0.6 is 0 Å². The second-order valence-electron chi connectivity index (χ2n) is 14.6. The molecule has 0 radical (unpaired) electrons. The first-order valence-corrected chi connectivity index (χ1v) is 14.0. The summed E-state index contributed by atoms with van der Waals surface area (Å²) in [6, 6.07) is 0. The van der Waals surface area contributed by atoms with Crippen molar-refractivity contribution < 1.29 is 20.1 Å². The third kappa shape index (κ3) is 2.76. The molecule has 4 heteroatoms. The molecule has 3 N–H and O–H groups in total. The smallest absolute Gasteiger partial charge is 0.310 e. The molecular weight excluding hydrogens is 424 g/mol. The van der Waals surface area contributed by atoms with Crippen molar-refractivity contribution in [2.24, 2.45) is 56.7 Å². The van der Waals surface area contributed by atoms with E-state index in [1.165, 1.54) is 5.57 Å². The number of fused-ring (bicyclic) bond motifs is 7. The second kappa shape index (κ2) is 7.34. The molecule has 0 unspecified atom stereocenters. The molecule has 11 atom stereocenters. The van der Waals surface area contributed by atoms with Crippen LogP contribution in [0.4, 0.5) is 0 Å². The summed E-state index contributed by atoms with van der Waals surface area (Å²) in [6.07, 6.45) is 8.53. The van der Waals surface area contributed by atoms with Gasteiger partial charge in [0.05, 0.1) is 17.6 Å². The van der Waals surface area contributed by atoms with E-state index in [4.69, 9.17) is 0 Å². The highest BCUT2D eigenvalue weighted by atomic mass is 16.4. The first-order valence-electron chi connectivity index (χ1n) is 14.0. The standard InChI is InChI=1S/C30H48O4/c1-17-10-13-30(25(33)34)15-14-28(6)19(23(30)18(17)2)8-9-22-27(5)16-20(31)24(32)26(3,4)21(27)11-12-29(22,28)7/h8,17-18,20-24,31-32H,9-16H2,1-7H3,(H,33,34)/t17-,18+,20-,21-,22-,23-,24-,27+,28-,29-,30+/m1/s1. The van der Waals surface area contributed by atoms with E-state index in [2.05, 4.69) is 54.5 Å². The Morgan fingerprint density at radius 1 is 0.941 bits per heavy atom. The van der Waals surface area contributed by atoms with Gasteiger partial charge in [-0.2, -0.15) is 0 Å². The van der Waals surface area contributed by atoms with Gasteiger partial charge in [0.1, 0.15) is 0 Å². The minimum atomic E-state index is -0.679. The average Bonchev–Trinajstić information content (AvgIpc) is 2.75. The van der Waals surface area contributed by atoms with Gasteiger partial charge in [-0.25, -0.2) is 0 Å². The van der Waals surface area contributed by atoms with Gasteiger partial charge in [-0.05, 0) is 103 Å². The van der Waals surface area contributed by atoms with Crippen molar-refractivity contribution in [3.63, 3.8) is 0 Å². The number of aliphatic carboxylic acids is 1. The van der Waals surface area contributed by atoms with E-state index in [0.29, 0.717) is 30.1 Å². The van der Waals surface area contributed by atoms with E-state index in [1.807, 2.05) is 0 Å². The van der Waals surface area contributed by atoms with E-state index in [9.17, 15) is 20.1 Å². The molecule has 0 saturated heterocycles. The number of carboxylic acid groups (broad SMARTS) is 1. The van der Waals surface area contributed by atoms with E-state index in [0.717, 1.165) is 44.9 Å². The van der Waals surface area contributed by atoms with Crippen molar-refractivity contribution in [2.45, 2.75) is 112 Å². The van der Waals surface area contributed by atoms with Crippen LogP contribution in [0.3, 0.4) is 0 Å². The minimum absolute atomic E-state index is 0.00993. The highest BCUT2D eigenvalue weighted by Crippen LogP contribution is 2.75. The van der Waals surface area contributed by atoms with Gasteiger partial charge in [-0.3, -0.25) is 4.79 Å². The van der Waals surface area contributed by atoms with Crippen LogP contribution in [0, 0.1) is 56.7 Å². The second-order valence-corrected chi connectivity index (χ2v) is 14.6. The molecule has 0 aromatic carbocycles. The first kappa shape index (κ1) is 24.8. The average molecular weight is 473 g/mol. The number of carbonyl (C=O) groups is 1. The fourth-order valence-electron chi connectivity index (χ4n) is 11.0. The van der Waals surface area contributed by atoms with Crippen LogP contribution in [-0.4, -0.2) is 33.5 Å². The molecule has 0 heterocycles. The summed E-state index contributed by atoms with van der Waals surface area (Å²) in [5.41, 5.74) is 0.574. The highest BCUT2D eigenvalue weighted by Gasteiger charge is 2.70. The van der Waals surface area contributed by atoms with Crippen LogP contribution in [0.1, 0.15) is 99.8 Å². The molecule has 0 bridgehead atoms. The van der Waals surface area contributed by atoms with Crippen molar-refractivity contribution in [3.05, 3.63) is 11.6 Å². The van der Waals surface area contributed by atoms with Gasteiger partial charge in [0.25, 0.3) is 0 Å². The Labute approximate surface area is 206 Å². The van der Waals surface area contributed by atoms with Gasteiger partial charge in [-0.1, -0.05) is 60.1 Å². The van der Waals surface area contributed by atoms with E-state index < -0.39 is 23.6 Å². The Bertz CT molecular complexity index is 907. The Morgan fingerprint density at radius 2 is 1.62 bits per heavy atom. The first-order chi connectivity index (χ1) is 15.7. The Kier molecular flexibility index (Phi) is 5.36.